The molecule has 2 rings (SSSR count). The Balaban J connectivity index is 0.000000581. The van der Waals surface area contributed by atoms with Gasteiger partial charge in [0.1, 0.15) is 0 Å². The SMILES string of the molecule is CC.CC.CC1CC2(CCCCC2)CC(C)N1. The van der Waals surface area contributed by atoms with Crippen LogP contribution in [0.1, 0.15) is 86.5 Å². The third-order valence-corrected chi connectivity index (χ3v) is 3.96. The van der Waals surface area contributed by atoms with Crippen LogP contribution in [0.5, 0.6) is 0 Å². The quantitative estimate of drug-likeness (QED) is 0.618. The summed E-state index contributed by atoms with van der Waals surface area (Å²) in [5, 5.41) is 3.65. The maximum absolute atomic E-state index is 3.65. The molecule has 1 aliphatic heterocycles. The minimum absolute atomic E-state index is 0.738. The van der Waals surface area contributed by atoms with Gasteiger partial charge < -0.3 is 5.32 Å². The predicted octanol–water partition coefficient (Wildman–Crippen LogP) is 5.15. The largest absolute Gasteiger partial charge is 0.312 e. The summed E-state index contributed by atoms with van der Waals surface area (Å²) in [7, 11) is 0. The Bertz CT molecular complexity index is 158. The molecule has 1 aliphatic carbocycles. The van der Waals surface area contributed by atoms with Crippen LogP contribution in [-0.4, -0.2) is 12.1 Å². The van der Waals surface area contributed by atoms with E-state index in [1.54, 1.807) is 0 Å². The lowest BCUT2D eigenvalue weighted by atomic mass is 9.65. The average Bonchev–Trinajstić information content (AvgIpc) is 2.33. The van der Waals surface area contributed by atoms with E-state index in [0.717, 1.165) is 17.5 Å². The third-order valence-electron chi connectivity index (χ3n) is 3.96. The summed E-state index contributed by atoms with van der Waals surface area (Å²) in [4.78, 5) is 0. The molecule has 2 atom stereocenters. The second kappa shape index (κ2) is 8.97. The van der Waals surface area contributed by atoms with Crippen molar-refractivity contribution in [1.82, 2.24) is 5.32 Å². The van der Waals surface area contributed by atoms with Crippen LogP contribution in [0.2, 0.25) is 0 Å². The molecule has 104 valence electrons. The molecule has 17 heavy (non-hydrogen) atoms. The van der Waals surface area contributed by atoms with Gasteiger partial charge in [-0.25, -0.2) is 0 Å². The van der Waals surface area contributed by atoms with Crippen LogP contribution < -0.4 is 5.32 Å². The second-order valence-electron chi connectivity index (χ2n) is 5.44. The van der Waals surface area contributed by atoms with Crippen LogP contribution >= 0.6 is 0 Å². The standard InChI is InChI=1S/C12H23N.2C2H6/c1-10-8-12(9-11(2)13-10)6-4-3-5-7-12;2*1-2/h10-11,13H,3-9H2,1-2H3;2*1-2H3. The molecule has 1 heterocycles. The fourth-order valence-corrected chi connectivity index (χ4v) is 3.70. The smallest absolute Gasteiger partial charge is 0.00465 e. The van der Waals surface area contributed by atoms with Crippen LogP contribution in [0.4, 0.5) is 0 Å². The van der Waals surface area contributed by atoms with E-state index in [0.29, 0.717) is 0 Å². The van der Waals surface area contributed by atoms with Crippen LogP contribution in [0.15, 0.2) is 0 Å². The fraction of sp³-hybridized carbons (Fsp3) is 1.00. The lowest BCUT2D eigenvalue weighted by molar-refractivity contribution is 0.0883. The molecule has 0 radical (unpaired) electrons. The Morgan fingerprint density at radius 3 is 1.59 bits per heavy atom. The van der Waals surface area contributed by atoms with Crippen molar-refractivity contribution in [3.8, 4) is 0 Å². The third kappa shape index (κ3) is 5.42. The van der Waals surface area contributed by atoms with Crippen molar-refractivity contribution in [2.45, 2.75) is 98.6 Å². The average molecular weight is 241 g/mol. The first-order chi connectivity index (χ1) is 8.20. The van der Waals surface area contributed by atoms with Gasteiger partial charge in [0.25, 0.3) is 0 Å². The minimum atomic E-state index is 0.738. The van der Waals surface area contributed by atoms with Crippen molar-refractivity contribution in [2.24, 2.45) is 5.41 Å². The summed E-state index contributed by atoms with van der Waals surface area (Å²) in [5.41, 5.74) is 0.738. The highest BCUT2D eigenvalue weighted by Crippen LogP contribution is 2.45. The van der Waals surface area contributed by atoms with E-state index in [4.69, 9.17) is 0 Å². The first kappa shape index (κ1) is 17.0. The first-order valence-corrected chi connectivity index (χ1v) is 7.96. The van der Waals surface area contributed by atoms with Crippen molar-refractivity contribution in [2.75, 3.05) is 0 Å². The summed E-state index contributed by atoms with van der Waals surface area (Å²) in [6.45, 7) is 12.7. The zero-order valence-electron chi connectivity index (χ0n) is 13.1. The van der Waals surface area contributed by atoms with Gasteiger partial charge in [0, 0.05) is 12.1 Å². The molecule has 0 bridgehead atoms. The number of hydrogen-bond acceptors (Lipinski definition) is 1. The van der Waals surface area contributed by atoms with Gasteiger partial charge in [-0.1, -0.05) is 47.0 Å². The fourth-order valence-electron chi connectivity index (χ4n) is 3.70. The molecule has 0 aromatic rings. The highest BCUT2D eigenvalue weighted by Gasteiger charge is 2.38. The second-order valence-corrected chi connectivity index (χ2v) is 5.44. The number of rotatable bonds is 0. The highest BCUT2D eigenvalue weighted by molar-refractivity contribution is 4.93. The number of hydrogen-bond donors (Lipinski definition) is 1. The normalized spacial score (nSPS) is 30.7. The van der Waals surface area contributed by atoms with Crippen LogP contribution in [0.25, 0.3) is 0 Å². The number of nitrogens with one attached hydrogen (secondary N) is 1. The van der Waals surface area contributed by atoms with Crippen molar-refractivity contribution in [1.29, 1.82) is 0 Å². The first-order valence-electron chi connectivity index (χ1n) is 7.96. The van der Waals surface area contributed by atoms with Gasteiger partial charge in [-0.2, -0.15) is 0 Å². The van der Waals surface area contributed by atoms with Gasteiger partial charge in [0.15, 0.2) is 0 Å². The monoisotopic (exact) mass is 241 g/mol. The van der Waals surface area contributed by atoms with E-state index >= 15 is 0 Å². The zero-order valence-corrected chi connectivity index (χ0v) is 13.1. The van der Waals surface area contributed by atoms with Gasteiger partial charge in [0.05, 0.1) is 0 Å². The summed E-state index contributed by atoms with van der Waals surface area (Å²) in [6.07, 6.45) is 10.3. The molecular weight excluding hydrogens is 206 g/mol. The van der Waals surface area contributed by atoms with Gasteiger partial charge in [-0.05, 0) is 44.9 Å². The molecule has 1 nitrogen and oxygen atoms in total. The molecular formula is C16H35N. The molecule has 1 heteroatoms. The topological polar surface area (TPSA) is 12.0 Å². The summed E-state index contributed by atoms with van der Waals surface area (Å²) < 4.78 is 0. The van der Waals surface area contributed by atoms with Crippen molar-refractivity contribution in [3.63, 3.8) is 0 Å². The van der Waals surface area contributed by atoms with Crippen LogP contribution in [-0.2, 0) is 0 Å². The van der Waals surface area contributed by atoms with E-state index < -0.39 is 0 Å². The Morgan fingerprint density at radius 2 is 1.18 bits per heavy atom. The predicted molar refractivity (Wildman–Crippen MR) is 79.5 cm³/mol. The molecule has 0 aromatic heterocycles. The van der Waals surface area contributed by atoms with Crippen molar-refractivity contribution >= 4 is 0 Å². The molecule has 1 N–H and O–H groups in total. The molecule has 1 saturated heterocycles. The minimum Gasteiger partial charge on any atom is -0.312 e. The summed E-state index contributed by atoms with van der Waals surface area (Å²) in [6, 6.07) is 1.50. The van der Waals surface area contributed by atoms with Crippen molar-refractivity contribution < 1.29 is 0 Å². The molecule has 2 aliphatic rings. The number of piperidine rings is 1. The van der Waals surface area contributed by atoms with E-state index in [1.807, 2.05) is 27.7 Å². The maximum atomic E-state index is 3.65. The summed E-state index contributed by atoms with van der Waals surface area (Å²) >= 11 is 0. The Kier molecular flexibility index (Phi) is 8.94. The molecule has 0 amide bonds. The maximum Gasteiger partial charge on any atom is 0.00465 e. The zero-order chi connectivity index (χ0) is 13.3. The van der Waals surface area contributed by atoms with Gasteiger partial charge in [0.2, 0.25) is 0 Å². The Hall–Kier alpha value is -0.0400. The van der Waals surface area contributed by atoms with E-state index in [2.05, 4.69) is 19.2 Å². The highest BCUT2D eigenvalue weighted by atomic mass is 15.0. The lowest BCUT2D eigenvalue weighted by Gasteiger charge is -2.46. The van der Waals surface area contributed by atoms with Crippen LogP contribution in [0.3, 0.4) is 0 Å². The molecule has 1 spiro atoms. The van der Waals surface area contributed by atoms with Gasteiger partial charge in [-0.15, -0.1) is 0 Å². The van der Waals surface area contributed by atoms with Gasteiger partial charge >= 0.3 is 0 Å². The molecule has 0 aromatic carbocycles. The van der Waals surface area contributed by atoms with Gasteiger partial charge in [-0.3, -0.25) is 0 Å². The molecule has 2 unspecified atom stereocenters. The summed E-state index contributed by atoms with van der Waals surface area (Å²) in [5.74, 6) is 0. The molecule has 1 saturated carbocycles. The van der Waals surface area contributed by atoms with E-state index in [9.17, 15) is 0 Å². The Labute approximate surface area is 110 Å². The van der Waals surface area contributed by atoms with Crippen LogP contribution in [0, 0.1) is 5.41 Å². The molecule has 2 fully saturated rings. The Morgan fingerprint density at radius 1 is 0.765 bits per heavy atom. The van der Waals surface area contributed by atoms with Crippen molar-refractivity contribution in [3.05, 3.63) is 0 Å². The van der Waals surface area contributed by atoms with E-state index in [-0.39, 0.29) is 0 Å². The van der Waals surface area contributed by atoms with E-state index in [1.165, 1.54) is 44.9 Å². The lowest BCUT2D eigenvalue weighted by Crippen LogP contribution is -2.48.